The molecule has 0 fully saturated rings. The van der Waals surface area contributed by atoms with Gasteiger partial charge in [-0.3, -0.25) is 19.2 Å². The molecule has 3 amide bonds. The summed E-state index contributed by atoms with van der Waals surface area (Å²) in [5, 5.41) is 7.95. The number of nitrogens with one attached hydrogen (secondary N) is 3. The molecule has 1 radical (unpaired) electrons. The molecule has 0 aliphatic carbocycles. The van der Waals surface area contributed by atoms with E-state index in [1.165, 1.54) is 0 Å². The van der Waals surface area contributed by atoms with E-state index in [2.05, 4.69) is 16.0 Å². The van der Waals surface area contributed by atoms with E-state index in [1.54, 1.807) is 6.29 Å². The van der Waals surface area contributed by atoms with Crippen LogP contribution in [0.3, 0.4) is 0 Å². The van der Waals surface area contributed by atoms with Gasteiger partial charge in [0, 0.05) is 6.42 Å². The minimum absolute atomic E-state index is 0.164. The first-order chi connectivity index (χ1) is 13.2. The van der Waals surface area contributed by atoms with Crippen molar-refractivity contribution >= 4 is 24.0 Å². The van der Waals surface area contributed by atoms with E-state index in [4.69, 9.17) is 5.73 Å². The molecule has 0 aromatic carbocycles. The summed E-state index contributed by atoms with van der Waals surface area (Å²) in [5.74, 6) is -0.646. The van der Waals surface area contributed by atoms with Crippen LogP contribution in [0.15, 0.2) is 0 Å². The monoisotopic (exact) mass is 397 g/mol. The molecule has 0 aromatic rings. The standard InChI is InChI=1S/C20H37N4O4/c1-14(2)12-16(19(27)22-10-11-25)24-20(28)17(13-15(3)4)23-18(26)8-6-5-7-9-21/h14-17H,5-10,12-13,21H2,1-4H3,(H,22,27)(H,23,26)(H,24,28). The van der Waals surface area contributed by atoms with Crippen LogP contribution in [-0.4, -0.2) is 49.2 Å². The van der Waals surface area contributed by atoms with Crippen molar-refractivity contribution in [3.63, 3.8) is 0 Å². The van der Waals surface area contributed by atoms with Crippen LogP contribution >= 0.6 is 0 Å². The molecule has 2 atom stereocenters. The van der Waals surface area contributed by atoms with E-state index in [9.17, 15) is 19.2 Å². The van der Waals surface area contributed by atoms with E-state index in [-0.39, 0.29) is 30.2 Å². The summed E-state index contributed by atoms with van der Waals surface area (Å²) in [6, 6.07) is -1.47. The van der Waals surface area contributed by atoms with Gasteiger partial charge in [-0.05, 0) is 44.1 Å². The van der Waals surface area contributed by atoms with Gasteiger partial charge in [-0.25, -0.2) is 0 Å². The molecule has 0 saturated heterocycles. The number of rotatable bonds is 15. The van der Waals surface area contributed by atoms with Crippen molar-refractivity contribution in [2.75, 3.05) is 13.1 Å². The summed E-state index contributed by atoms with van der Waals surface area (Å²) in [7, 11) is 0. The van der Waals surface area contributed by atoms with Crippen LogP contribution in [0.1, 0.15) is 66.2 Å². The summed E-state index contributed by atoms with van der Waals surface area (Å²) in [6.07, 6.45) is 5.30. The molecule has 5 N–H and O–H groups in total. The van der Waals surface area contributed by atoms with Gasteiger partial charge in [0.05, 0.1) is 6.54 Å². The lowest BCUT2D eigenvalue weighted by Gasteiger charge is -2.25. The number of unbranched alkanes of at least 4 members (excludes halogenated alkanes) is 2. The topological polar surface area (TPSA) is 130 Å². The summed E-state index contributed by atoms with van der Waals surface area (Å²) < 4.78 is 0. The highest BCUT2D eigenvalue weighted by molar-refractivity contribution is 5.92. The normalized spacial score (nSPS) is 13.1. The van der Waals surface area contributed by atoms with Crippen LogP contribution in [0.25, 0.3) is 0 Å². The molecule has 0 rings (SSSR count). The average molecular weight is 398 g/mol. The molecule has 2 unspecified atom stereocenters. The maximum Gasteiger partial charge on any atom is 0.243 e. The number of carbonyl (C=O) groups is 3. The SMILES string of the molecule is CC(C)CC(NC(=O)CCCCCN)C(=O)NC(CC(C)C)C(=O)NC[C]=O. The largest absolute Gasteiger partial charge is 0.347 e. The lowest BCUT2D eigenvalue weighted by atomic mass is 10.00. The Morgan fingerprint density at radius 1 is 0.857 bits per heavy atom. The fourth-order valence-corrected chi connectivity index (χ4v) is 2.80. The number of hydrogen-bond donors (Lipinski definition) is 4. The highest BCUT2D eigenvalue weighted by Gasteiger charge is 2.27. The minimum atomic E-state index is -0.767. The fourth-order valence-electron chi connectivity index (χ4n) is 2.80. The second kappa shape index (κ2) is 15.0. The lowest BCUT2D eigenvalue weighted by Crippen LogP contribution is -2.54. The second-order valence-electron chi connectivity index (χ2n) is 7.90. The van der Waals surface area contributed by atoms with Gasteiger partial charge in [0.25, 0.3) is 0 Å². The maximum atomic E-state index is 12.8. The van der Waals surface area contributed by atoms with Crippen LogP contribution in [0.2, 0.25) is 0 Å². The van der Waals surface area contributed by atoms with Crippen molar-refractivity contribution in [1.82, 2.24) is 16.0 Å². The first-order valence-corrected chi connectivity index (χ1v) is 10.1. The highest BCUT2D eigenvalue weighted by atomic mass is 16.2. The Hall–Kier alpha value is -1.96. The number of nitrogens with two attached hydrogens (primary N) is 1. The average Bonchev–Trinajstić information content (AvgIpc) is 2.61. The first kappa shape index (κ1) is 26.0. The molecular weight excluding hydrogens is 360 g/mol. The van der Waals surface area contributed by atoms with Gasteiger partial charge in [-0.2, -0.15) is 0 Å². The molecule has 0 spiro atoms. The summed E-state index contributed by atoms with van der Waals surface area (Å²) in [4.78, 5) is 47.6. The van der Waals surface area contributed by atoms with Crippen molar-refractivity contribution in [3.05, 3.63) is 0 Å². The van der Waals surface area contributed by atoms with Gasteiger partial charge in [-0.15, -0.1) is 0 Å². The third-order valence-electron chi connectivity index (χ3n) is 4.14. The van der Waals surface area contributed by atoms with Gasteiger partial charge >= 0.3 is 0 Å². The zero-order valence-corrected chi connectivity index (χ0v) is 17.7. The van der Waals surface area contributed by atoms with Crippen molar-refractivity contribution in [2.45, 2.75) is 78.3 Å². The molecule has 161 valence electrons. The van der Waals surface area contributed by atoms with E-state index in [1.807, 2.05) is 27.7 Å². The Kier molecular flexibility index (Phi) is 14.0. The Bertz CT molecular complexity index is 495. The van der Waals surface area contributed by atoms with Gasteiger partial charge in [0.15, 0.2) is 0 Å². The third-order valence-corrected chi connectivity index (χ3v) is 4.14. The van der Waals surface area contributed by atoms with Crippen LogP contribution in [0.4, 0.5) is 0 Å². The van der Waals surface area contributed by atoms with Gasteiger partial charge < -0.3 is 21.7 Å². The summed E-state index contributed by atoms with van der Waals surface area (Å²) in [6.45, 7) is 8.18. The van der Waals surface area contributed by atoms with E-state index in [0.29, 0.717) is 25.8 Å². The zero-order valence-electron chi connectivity index (χ0n) is 17.7. The Labute approximate surface area is 168 Å². The number of amides is 3. The first-order valence-electron chi connectivity index (χ1n) is 10.1. The van der Waals surface area contributed by atoms with Gasteiger partial charge in [0.1, 0.15) is 12.1 Å². The highest BCUT2D eigenvalue weighted by Crippen LogP contribution is 2.09. The molecule has 8 heteroatoms. The molecular formula is C20H37N4O4. The number of hydrogen-bond acceptors (Lipinski definition) is 5. The molecule has 28 heavy (non-hydrogen) atoms. The van der Waals surface area contributed by atoms with Crippen LogP contribution in [-0.2, 0) is 19.2 Å². The fraction of sp³-hybridized carbons (Fsp3) is 0.800. The third kappa shape index (κ3) is 12.4. The Morgan fingerprint density at radius 2 is 1.43 bits per heavy atom. The van der Waals surface area contributed by atoms with Gasteiger partial charge in [-0.1, -0.05) is 34.1 Å². The molecule has 8 nitrogen and oxygen atoms in total. The predicted molar refractivity (Wildman–Crippen MR) is 109 cm³/mol. The predicted octanol–water partition coefficient (Wildman–Crippen LogP) is 0.793. The van der Waals surface area contributed by atoms with Crippen molar-refractivity contribution in [2.24, 2.45) is 17.6 Å². The zero-order chi connectivity index (χ0) is 21.5. The van der Waals surface area contributed by atoms with E-state index < -0.39 is 18.0 Å². The van der Waals surface area contributed by atoms with Gasteiger partial charge in [0.2, 0.25) is 24.0 Å². The van der Waals surface area contributed by atoms with Crippen LogP contribution in [0.5, 0.6) is 0 Å². The molecule has 0 aliphatic rings. The molecule has 0 heterocycles. The van der Waals surface area contributed by atoms with E-state index in [0.717, 1.165) is 19.3 Å². The molecule has 0 aromatic heterocycles. The molecule has 0 bridgehead atoms. The smallest absolute Gasteiger partial charge is 0.243 e. The van der Waals surface area contributed by atoms with Crippen molar-refractivity contribution < 1.29 is 19.2 Å². The van der Waals surface area contributed by atoms with Crippen LogP contribution < -0.4 is 21.7 Å². The van der Waals surface area contributed by atoms with Crippen molar-refractivity contribution in [1.29, 1.82) is 0 Å². The second-order valence-corrected chi connectivity index (χ2v) is 7.90. The Morgan fingerprint density at radius 3 is 1.93 bits per heavy atom. The van der Waals surface area contributed by atoms with Crippen molar-refractivity contribution in [3.8, 4) is 0 Å². The minimum Gasteiger partial charge on any atom is -0.347 e. The maximum absolute atomic E-state index is 12.8. The molecule has 0 aliphatic heterocycles. The summed E-state index contributed by atoms with van der Waals surface area (Å²) in [5.41, 5.74) is 5.45. The molecule has 0 saturated carbocycles. The van der Waals surface area contributed by atoms with Crippen LogP contribution in [0, 0.1) is 11.8 Å². The summed E-state index contributed by atoms with van der Waals surface area (Å²) >= 11 is 0. The lowest BCUT2D eigenvalue weighted by molar-refractivity contribution is -0.132. The quantitative estimate of drug-likeness (QED) is 0.304. The van der Waals surface area contributed by atoms with E-state index >= 15 is 0 Å². The Balaban J connectivity index is 4.95. The number of carbonyl (C=O) groups excluding carboxylic acids is 4.